The first-order valence-electron chi connectivity index (χ1n) is 5.23. The van der Waals surface area contributed by atoms with Gasteiger partial charge in [-0.2, -0.15) is 11.8 Å². The molecule has 1 aromatic carbocycles. The number of rotatable bonds is 1. The molecular formula is C12H15NOS. The van der Waals surface area contributed by atoms with E-state index < -0.39 is 0 Å². The van der Waals surface area contributed by atoms with Crippen molar-refractivity contribution in [1.82, 2.24) is 4.90 Å². The maximum atomic E-state index is 12.1. The van der Waals surface area contributed by atoms with Crippen LogP contribution in [-0.4, -0.2) is 34.9 Å². The fourth-order valence-electron chi connectivity index (χ4n) is 1.77. The summed E-state index contributed by atoms with van der Waals surface area (Å²) in [5, 5.41) is 0.561. The maximum Gasteiger partial charge on any atom is 0.253 e. The van der Waals surface area contributed by atoms with Crippen molar-refractivity contribution < 1.29 is 4.79 Å². The molecule has 0 aromatic heterocycles. The van der Waals surface area contributed by atoms with Gasteiger partial charge >= 0.3 is 0 Å². The van der Waals surface area contributed by atoms with Crippen LogP contribution >= 0.6 is 11.8 Å². The molecule has 1 aromatic rings. The van der Waals surface area contributed by atoms with Crippen molar-refractivity contribution in [2.75, 3.05) is 18.8 Å². The van der Waals surface area contributed by atoms with E-state index in [9.17, 15) is 4.79 Å². The molecule has 0 N–H and O–H groups in total. The Morgan fingerprint density at radius 3 is 2.80 bits per heavy atom. The molecule has 0 aliphatic carbocycles. The summed E-state index contributed by atoms with van der Waals surface area (Å²) in [5.41, 5.74) is 0.802. The number of carbonyl (C=O) groups is 1. The Balaban J connectivity index is 2.08. The van der Waals surface area contributed by atoms with Gasteiger partial charge in [0.1, 0.15) is 0 Å². The minimum Gasteiger partial charge on any atom is -0.337 e. The number of nitrogens with zero attached hydrogens (tertiary/aromatic N) is 1. The minimum atomic E-state index is 0.169. The molecule has 0 spiro atoms. The van der Waals surface area contributed by atoms with Crippen LogP contribution in [0, 0.1) is 0 Å². The number of benzene rings is 1. The Labute approximate surface area is 94.7 Å². The summed E-state index contributed by atoms with van der Waals surface area (Å²) in [5.74, 6) is 1.22. The molecule has 80 valence electrons. The average Bonchev–Trinajstić information content (AvgIpc) is 2.29. The van der Waals surface area contributed by atoms with Crippen molar-refractivity contribution >= 4 is 17.7 Å². The van der Waals surface area contributed by atoms with E-state index >= 15 is 0 Å². The standard InChI is InChI=1S/C12H15NOS/c1-10-9-13(7-8-15-10)12(14)11-5-3-2-4-6-11/h2-6,10H,7-9H2,1H3. The normalized spacial score (nSPS) is 21.4. The van der Waals surface area contributed by atoms with E-state index in [1.807, 2.05) is 47.0 Å². The lowest BCUT2D eigenvalue weighted by molar-refractivity contribution is 0.0763. The molecular weight excluding hydrogens is 206 g/mol. The molecule has 1 saturated heterocycles. The fraction of sp³-hybridized carbons (Fsp3) is 0.417. The van der Waals surface area contributed by atoms with Gasteiger partial charge in [0.25, 0.3) is 5.91 Å². The van der Waals surface area contributed by atoms with E-state index in [0.717, 1.165) is 24.4 Å². The second kappa shape index (κ2) is 4.71. The predicted octanol–water partition coefficient (Wildman–Crippen LogP) is 2.26. The van der Waals surface area contributed by atoms with Crippen LogP contribution in [-0.2, 0) is 0 Å². The van der Waals surface area contributed by atoms with Crippen LogP contribution < -0.4 is 0 Å². The van der Waals surface area contributed by atoms with E-state index in [1.54, 1.807) is 0 Å². The van der Waals surface area contributed by atoms with Crippen LogP contribution in [0.3, 0.4) is 0 Å². The van der Waals surface area contributed by atoms with Crippen LogP contribution in [0.5, 0.6) is 0 Å². The lowest BCUT2D eigenvalue weighted by Gasteiger charge is -2.30. The summed E-state index contributed by atoms with van der Waals surface area (Å²) in [7, 11) is 0. The number of hydrogen-bond acceptors (Lipinski definition) is 2. The van der Waals surface area contributed by atoms with E-state index in [1.165, 1.54) is 0 Å². The minimum absolute atomic E-state index is 0.169. The SMILES string of the molecule is CC1CN(C(=O)c2ccccc2)CCS1. The van der Waals surface area contributed by atoms with Gasteiger partial charge in [0.2, 0.25) is 0 Å². The summed E-state index contributed by atoms with van der Waals surface area (Å²) in [4.78, 5) is 14.0. The highest BCUT2D eigenvalue weighted by Gasteiger charge is 2.21. The summed E-state index contributed by atoms with van der Waals surface area (Å²) < 4.78 is 0. The molecule has 1 aliphatic heterocycles. The van der Waals surface area contributed by atoms with Crippen LogP contribution in [0.15, 0.2) is 30.3 Å². The molecule has 2 rings (SSSR count). The monoisotopic (exact) mass is 221 g/mol. The molecule has 15 heavy (non-hydrogen) atoms. The summed E-state index contributed by atoms with van der Waals surface area (Å²) in [6.45, 7) is 3.93. The van der Waals surface area contributed by atoms with Gasteiger partial charge < -0.3 is 4.90 Å². The number of hydrogen-bond donors (Lipinski definition) is 0. The molecule has 1 fully saturated rings. The molecule has 0 bridgehead atoms. The summed E-state index contributed by atoms with van der Waals surface area (Å²) in [6.07, 6.45) is 0. The molecule has 2 nitrogen and oxygen atoms in total. The highest BCUT2D eigenvalue weighted by atomic mass is 32.2. The first kappa shape index (κ1) is 10.6. The zero-order valence-corrected chi connectivity index (χ0v) is 9.67. The highest BCUT2D eigenvalue weighted by Crippen LogP contribution is 2.19. The molecule has 0 saturated carbocycles. The average molecular weight is 221 g/mol. The predicted molar refractivity (Wildman–Crippen MR) is 64.3 cm³/mol. The first-order chi connectivity index (χ1) is 7.27. The third-order valence-electron chi connectivity index (χ3n) is 2.55. The van der Waals surface area contributed by atoms with Gasteiger partial charge in [0.05, 0.1) is 0 Å². The van der Waals surface area contributed by atoms with Gasteiger partial charge in [-0.15, -0.1) is 0 Å². The van der Waals surface area contributed by atoms with Crippen molar-refractivity contribution in [3.63, 3.8) is 0 Å². The molecule has 1 heterocycles. The first-order valence-corrected chi connectivity index (χ1v) is 6.28. The molecule has 3 heteroatoms. The van der Waals surface area contributed by atoms with Crippen LogP contribution in [0.1, 0.15) is 17.3 Å². The largest absolute Gasteiger partial charge is 0.337 e. The number of thioether (sulfide) groups is 1. The Bertz CT molecular complexity index is 339. The Hall–Kier alpha value is -0.960. The number of carbonyl (C=O) groups excluding carboxylic acids is 1. The van der Waals surface area contributed by atoms with Crippen LogP contribution in [0.2, 0.25) is 0 Å². The molecule has 1 amide bonds. The van der Waals surface area contributed by atoms with Crippen molar-refractivity contribution in [1.29, 1.82) is 0 Å². The van der Waals surface area contributed by atoms with E-state index in [-0.39, 0.29) is 5.91 Å². The van der Waals surface area contributed by atoms with E-state index in [0.29, 0.717) is 5.25 Å². The summed E-state index contributed by atoms with van der Waals surface area (Å²) >= 11 is 1.94. The topological polar surface area (TPSA) is 20.3 Å². The van der Waals surface area contributed by atoms with Gasteiger partial charge in [-0.1, -0.05) is 25.1 Å². The van der Waals surface area contributed by atoms with Crippen LogP contribution in [0.25, 0.3) is 0 Å². The smallest absolute Gasteiger partial charge is 0.253 e. The zero-order valence-electron chi connectivity index (χ0n) is 8.85. The highest BCUT2D eigenvalue weighted by molar-refractivity contribution is 7.99. The van der Waals surface area contributed by atoms with Gasteiger partial charge in [0, 0.05) is 29.7 Å². The maximum absolute atomic E-state index is 12.1. The third-order valence-corrected chi connectivity index (χ3v) is 3.69. The van der Waals surface area contributed by atoms with Crippen molar-refractivity contribution in [2.45, 2.75) is 12.2 Å². The van der Waals surface area contributed by atoms with Gasteiger partial charge in [-0.05, 0) is 12.1 Å². The molecule has 1 unspecified atom stereocenters. The quantitative estimate of drug-likeness (QED) is 0.725. The lowest BCUT2D eigenvalue weighted by Crippen LogP contribution is -2.40. The zero-order chi connectivity index (χ0) is 10.7. The number of amides is 1. The van der Waals surface area contributed by atoms with Crippen molar-refractivity contribution in [3.8, 4) is 0 Å². The summed E-state index contributed by atoms with van der Waals surface area (Å²) in [6, 6.07) is 9.53. The van der Waals surface area contributed by atoms with Crippen molar-refractivity contribution in [2.24, 2.45) is 0 Å². The second-order valence-electron chi connectivity index (χ2n) is 3.80. The molecule has 1 aliphatic rings. The Kier molecular flexibility index (Phi) is 3.31. The van der Waals surface area contributed by atoms with Gasteiger partial charge in [0.15, 0.2) is 0 Å². The third kappa shape index (κ3) is 2.53. The van der Waals surface area contributed by atoms with E-state index in [4.69, 9.17) is 0 Å². The van der Waals surface area contributed by atoms with Gasteiger partial charge in [-0.25, -0.2) is 0 Å². The lowest BCUT2D eigenvalue weighted by atomic mass is 10.2. The fourth-order valence-corrected chi connectivity index (χ4v) is 2.78. The second-order valence-corrected chi connectivity index (χ2v) is 5.34. The Morgan fingerprint density at radius 2 is 2.13 bits per heavy atom. The van der Waals surface area contributed by atoms with Crippen LogP contribution in [0.4, 0.5) is 0 Å². The molecule has 1 atom stereocenters. The van der Waals surface area contributed by atoms with E-state index in [2.05, 4.69) is 6.92 Å². The Morgan fingerprint density at radius 1 is 1.40 bits per heavy atom. The molecule has 0 radical (unpaired) electrons. The van der Waals surface area contributed by atoms with Gasteiger partial charge in [-0.3, -0.25) is 4.79 Å². The van der Waals surface area contributed by atoms with Crippen molar-refractivity contribution in [3.05, 3.63) is 35.9 Å².